The number of thioether (sulfide) groups is 1. The molecule has 0 spiro atoms. The topological polar surface area (TPSA) is 106 Å². The number of benzene rings is 2. The molecule has 0 radical (unpaired) electrons. The number of carboxylic acid groups (broad SMARTS) is 1. The molecule has 3 aromatic rings. The second kappa shape index (κ2) is 11.8. The van der Waals surface area contributed by atoms with E-state index < -0.39 is 5.97 Å². The zero-order valence-corrected chi connectivity index (χ0v) is 19.9. The molecule has 10 heteroatoms. The van der Waals surface area contributed by atoms with Crippen molar-refractivity contribution < 1.29 is 19.4 Å². The zero-order valence-electron chi connectivity index (χ0n) is 18.4. The number of nitrogens with one attached hydrogen (secondary N) is 1. The molecule has 1 amide bonds. The summed E-state index contributed by atoms with van der Waals surface area (Å²) < 4.78 is 7.42. The summed E-state index contributed by atoms with van der Waals surface area (Å²) in [6, 6.07) is 12.0. The van der Waals surface area contributed by atoms with Crippen LogP contribution in [0.25, 0.3) is 11.4 Å². The Hall–Kier alpha value is -2.88. The summed E-state index contributed by atoms with van der Waals surface area (Å²) >= 11 is 7.28. The normalized spacial score (nSPS) is 10.9. The fraction of sp³-hybridized carbons (Fsp3) is 0.304. The Bertz CT molecular complexity index is 1120. The van der Waals surface area contributed by atoms with Crippen molar-refractivity contribution in [1.82, 2.24) is 14.8 Å². The highest BCUT2D eigenvalue weighted by Crippen LogP contribution is 2.26. The van der Waals surface area contributed by atoms with Crippen LogP contribution in [0.3, 0.4) is 0 Å². The van der Waals surface area contributed by atoms with Gasteiger partial charge in [-0.15, -0.1) is 10.2 Å². The molecule has 0 aliphatic rings. The van der Waals surface area contributed by atoms with Crippen LogP contribution in [0.4, 0.5) is 5.69 Å². The maximum absolute atomic E-state index is 12.6. The predicted octanol–water partition coefficient (Wildman–Crippen LogP) is 4.76. The van der Waals surface area contributed by atoms with E-state index in [1.807, 2.05) is 30.5 Å². The number of rotatable bonds is 11. The minimum atomic E-state index is -1.05. The maximum Gasteiger partial charge on any atom is 0.335 e. The molecular weight excluding hydrogens is 464 g/mol. The molecule has 0 aliphatic heterocycles. The van der Waals surface area contributed by atoms with Crippen LogP contribution in [0, 0.1) is 6.92 Å². The Morgan fingerprint density at radius 2 is 1.94 bits per heavy atom. The lowest BCUT2D eigenvalue weighted by Gasteiger charge is -2.11. The van der Waals surface area contributed by atoms with E-state index in [0.29, 0.717) is 41.4 Å². The average Bonchev–Trinajstić information content (AvgIpc) is 3.20. The van der Waals surface area contributed by atoms with Gasteiger partial charge in [-0.2, -0.15) is 0 Å². The van der Waals surface area contributed by atoms with Gasteiger partial charge in [0.05, 0.1) is 11.3 Å². The van der Waals surface area contributed by atoms with Crippen molar-refractivity contribution in [3.63, 3.8) is 0 Å². The standard InChI is InChI=1S/C23H25ClN4O4S/c1-3-32-12-4-11-28-21(16-7-9-18(24)10-8-16)26-27-23(28)33-14-20(29)25-19-13-17(22(30)31)6-5-15(19)2/h5-10,13H,3-4,11-12,14H2,1-2H3,(H,25,29)(H,30,31). The number of aryl methyl sites for hydroxylation is 1. The number of hydrogen-bond acceptors (Lipinski definition) is 6. The summed E-state index contributed by atoms with van der Waals surface area (Å²) in [5.41, 5.74) is 2.24. The molecule has 0 unspecified atom stereocenters. The number of carbonyl (C=O) groups excluding carboxylic acids is 1. The summed E-state index contributed by atoms with van der Waals surface area (Å²) in [7, 11) is 0. The largest absolute Gasteiger partial charge is 0.478 e. The van der Waals surface area contributed by atoms with E-state index >= 15 is 0 Å². The average molecular weight is 489 g/mol. The monoisotopic (exact) mass is 488 g/mol. The van der Waals surface area contributed by atoms with E-state index in [4.69, 9.17) is 16.3 Å². The quantitative estimate of drug-likeness (QED) is 0.296. The van der Waals surface area contributed by atoms with Gasteiger partial charge in [-0.25, -0.2) is 4.79 Å². The van der Waals surface area contributed by atoms with Gasteiger partial charge in [0, 0.05) is 36.0 Å². The summed E-state index contributed by atoms with van der Waals surface area (Å²) in [5.74, 6) is -0.519. The molecule has 0 aliphatic carbocycles. The lowest BCUT2D eigenvalue weighted by molar-refractivity contribution is -0.113. The lowest BCUT2D eigenvalue weighted by atomic mass is 10.1. The van der Waals surface area contributed by atoms with Crippen molar-refractivity contribution in [3.05, 3.63) is 58.6 Å². The number of carboxylic acids is 1. The second-order valence-corrected chi connectivity index (χ2v) is 8.57. The Morgan fingerprint density at radius 1 is 1.18 bits per heavy atom. The van der Waals surface area contributed by atoms with E-state index in [2.05, 4.69) is 15.5 Å². The lowest BCUT2D eigenvalue weighted by Crippen LogP contribution is -2.16. The molecule has 2 N–H and O–H groups in total. The highest BCUT2D eigenvalue weighted by atomic mass is 35.5. The molecule has 3 rings (SSSR count). The number of aromatic nitrogens is 3. The van der Waals surface area contributed by atoms with E-state index in [-0.39, 0.29) is 17.2 Å². The number of halogens is 1. The van der Waals surface area contributed by atoms with E-state index in [1.165, 1.54) is 23.9 Å². The minimum absolute atomic E-state index is 0.0982. The molecule has 2 aromatic carbocycles. The van der Waals surface area contributed by atoms with Crippen LogP contribution in [-0.4, -0.2) is 50.7 Å². The Balaban J connectivity index is 1.73. The third-order valence-corrected chi connectivity index (χ3v) is 6.00. The minimum Gasteiger partial charge on any atom is -0.478 e. The van der Waals surface area contributed by atoms with Crippen LogP contribution in [0.1, 0.15) is 29.3 Å². The van der Waals surface area contributed by atoms with Gasteiger partial charge < -0.3 is 19.7 Å². The number of carbonyl (C=O) groups is 2. The molecule has 1 heterocycles. The first-order valence-electron chi connectivity index (χ1n) is 10.4. The van der Waals surface area contributed by atoms with E-state index in [0.717, 1.165) is 17.5 Å². The predicted molar refractivity (Wildman–Crippen MR) is 129 cm³/mol. The van der Waals surface area contributed by atoms with Gasteiger partial charge in [0.25, 0.3) is 0 Å². The summed E-state index contributed by atoms with van der Waals surface area (Å²) in [4.78, 5) is 23.8. The molecule has 33 heavy (non-hydrogen) atoms. The van der Waals surface area contributed by atoms with Crippen LogP contribution < -0.4 is 5.32 Å². The smallest absolute Gasteiger partial charge is 0.335 e. The first-order chi connectivity index (χ1) is 15.9. The van der Waals surface area contributed by atoms with Gasteiger partial charge in [-0.3, -0.25) is 4.79 Å². The van der Waals surface area contributed by atoms with Crippen molar-refractivity contribution in [2.45, 2.75) is 32.0 Å². The Kier molecular flexibility index (Phi) is 8.87. The van der Waals surface area contributed by atoms with Crippen molar-refractivity contribution >= 4 is 40.9 Å². The first-order valence-corrected chi connectivity index (χ1v) is 11.8. The molecule has 0 bridgehead atoms. The number of nitrogens with zero attached hydrogens (tertiary/aromatic N) is 3. The SMILES string of the molecule is CCOCCCn1c(SCC(=O)Nc2cc(C(=O)O)ccc2C)nnc1-c1ccc(Cl)cc1. The van der Waals surface area contributed by atoms with Crippen LogP contribution in [0.15, 0.2) is 47.6 Å². The zero-order chi connectivity index (χ0) is 23.8. The number of ether oxygens (including phenoxy) is 1. The highest BCUT2D eigenvalue weighted by molar-refractivity contribution is 7.99. The molecule has 0 saturated heterocycles. The van der Waals surface area contributed by atoms with Crippen molar-refractivity contribution in [1.29, 1.82) is 0 Å². The van der Waals surface area contributed by atoms with Crippen LogP contribution >= 0.6 is 23.4 Å². The van der Waals surface area contributed by atoms with Gasteiger partial charge >= 0.3 is 5.97 Å². The Morgan fingerprint density at radius 3 is 2.64 bits per heavy atom. The fourth-order valence-electron chi connectivity index (χ4n) is 3.08. The maximum atomic E-state index is 12.6. The van der Waals surface area contributed by atoms with Crippen molar-refractivity contribution in [2.75, 3.05) is 24.3 Å². The van der Waals surface area contributed by atoms with Crippen molar-refractivity contribution in [3.8, 4) is 11.4 Å². The number of hydrogen-bond donors (Lipinski definition) is 2. The van der Waals surface area contributed by atoms with Crippen LogP contribution in [0.2, 0.25) is 5.02 Å². The molecule has 0 atom stereocenters. The molecule has 0 fully saturated rings. The van der Waals surface area contributed by atoms with Crippen LogP contribution in [0.5, 0.6) is 0 Å². The summed E-state index contributed by atoms with van der Waals surface area (Å²) in [6.45, 7) is 5.65. The number of amides is 1. The number of anilines is 1. The molecular formula is C23H25ClN4O4S. The fourth-order valence-corrected chi connectivity index (χ4v) is 3.98. The van der Waals surface area contributed by atoms with Gasteiger partial charge in [-0.05, 0) is 62.2 Å². The molecule has 8 nitrogen and oxygen atoms in total. The number of aromatic carboxylic acids is 1. The second-order valence-electron chi connectivity index (χ2n) is 7.19. The highest BCUT2D eigenvalue weighted by Gasteiger charge is 2.16. The van der Waals surface area contributed by atoms with E-state index in [9.17, 15) is 14.7 Å². The Labute approximate surface area is 201 Å². The first kappa shape index (κ1) is 24.8. The third-order valence-electron chi connectivity index (χ3n) is 4.78. The van der Waals surface area contributed by atoms with Crippen molar-refractivity contribution in [2.24, 2.45) is 0 Å². The molecule has 0 saturated carbocycles. The molecule has 174 valence electrons. The third kappa shape index (κ3) is 6.80. The van der Waals surface area contributed by atoms with Gasteiger partial charge in [0.1, 0.15) is 0 Å². The molecule has 1 aromatic heterocycles. The summed E-state index contributed by atoms with van der Waals surface area (Å²) in [6.07, 6.45) is 0.771. The van der Waals surface area contributed by atoms with Gasteiger partial charge in [0.15, 0.2) is 11.0 Å². The van der Waals surface area contributed by atoms with Gasteiger partial charge in [-0.1, -0.05) is 29.4 Å². The van der Waals surface area contributed by atoms with Gasteiger partial charge in [0.2, 0.25) is 5.91 Å². The van der Waals surface area contributed by atoms with E-state index in [1.54, 1.807) is 18.2 Å². The summed E-state index contributed by atoms with van der Waals surface area (Å²) in [5, 5.41) is 21.8. The van der Waals surface area contributed by atoms with Crippen LogP contribution in [-0.2, 0) is 16.1 Å².